The fourth-order valence-corrected chi connectivity index (χ4v) is 7.08. The standard InChI is InChI=1S/C23H34N2OSi/c1-23(2,3)22(17-14-15-20(24)21(25)16-17)26-27(18-10-6-4-7-11-18)19-12-8-5-9-13-19/h4-13,17,20-22,27H,14-16,24-25H2,1-3H3/t17?,20-,21+,22?/m1/s1. The molecular weight excluding hydrogens is 348 g/mol. The summed E-state index contributed by atoms with van der Waals surface area (Å²) in [6.45, 7) is 6.87. The lowest BCUT2D eigenvalue weighted by atomic mass is 9.72. The topological polar surface area (TPSA) is 61.3 Å². The van der Waals surface area contributed by atoms with Gasteiger partial charge in [-0.05, 0) is 41.0 Å². The lowest BCUT2D eigenvalue weighted by Crippen LogP contribution is -2.54. The van der Waals surface area contributed by atoms with E-state index >= 15 is 0 Å². The molecule has 0 heterocycles. The van der Waals surface area contributed by atoms with Gasteiger partial charge in [0.05, 0.1) is 6.10 Å². The Balaban J connectivity index is 1.91. The molecule has 1 fully saturated rings. The molecule has 2 unspecified atom stereocenters. The van der Waals surface area contributed by atoms with Crippen LogP contribution in [0.5, 0.6) is 0 Å². The minimum absolute atomic E-state index is 0.0562. The molecule has 0 spiro atoms. The van der Waals surface area contributed by atoms with Crippen molar-refractivity contribution in [2.75, 3.05) is 0 Å². The van der Waals surface area contributed by atoms with Crippen molar-refractivity contribution in [3.63, 3.8) is 0 Å². The SMILES string of the molecule is CC(C)(C)C(O[SiH](c1ccccc1)c1ccccc1)C1CC[C@@H](N)[C@@H](N)C1. The molecule has 0 saturated heterocycles. The zero-order chi connectivity index (χ0) is 19.4. The van der Waals surface area contributed by atoms with Crippen molar-refractivity contribution in [3.05, 3.63) is 60.7 Å². The Bertz CT molecular complexity index is 662. The van der Waals surface area contributed by atoms with Crippen molar-refractivity contribution in [3.8, 4) is 0 Å². The third-order valence-electron chi connectivity index (χ3n) is 5.76. The Morgan fingerprint density at radius 2 is 1.37 bits per heavy atom. The molecule has 1 aliphatic rings. The Morgan fingerprint density at radius 3 is 1.81 bits per heavy atom. The van der Waals surface area contributed by atoms with E-state index in [0.717, 1.165) is 19.3 Å². The summed E-state index contributed by atoms with van der Waals surface area (Å²) in [6, 6.07) is 21.7. The first kappa shape index (κ1) is 20.3. The third kappa shape index (κ3) is 5.08. The van der Waals surface area contributed by atoms with Gasteiger partial charge in [0.1, 0.15) is 0 Å². The quantitative estimate of drug-likeness (QED) is 0.781. The van der Waals surface area contributed by atoms with Crippen LogP contribution < -0.4 is 21.8 Å². The molecular formula is C23H34N2OSi. The predicted octanol–water partition coefficient (Wildman–Crippen LogP) is 2.41. The van der Waals surface area contributed by atoms with Gasteiger partial charge in [-0.1, -0.05) is 81.4 Å². The van der Waals surface area contributed by atoms with Gasteiger partial charge in [-0.2, -0.15) is 0 Å². The first-order valence-corrected chi connectivity index (χ1v) is 11.8. The van der Waals surface area contributed by atoms with Gasteiger partial charge in [0.15, 0.2) is 0 Å². The second-order valence-corrected chi connectivity index (χ2v) is 11.4. The van der Waals surface area contributed by atoms with Crippen LogP contribution in [0.1, 0.15) is 40.0 Å². The molecule has 3 nitrogen and oxygen atoms in total. The van der Waals surface area contributed by atoms with E-state index in [2.05, 4.69) is 81.4 Å². The van der Waals surface area contributed by atoms with E-state index in [9.17, 15) is 0 Å². The van der Waals surface area contributed by atoms with Crippen molar-refractivity contribution < 1.29 is 4.43 Å². The lowest BCUT2D eigenvalue weighted by molar-refractivity contribution is 0.0144. The summed E-state index contributed by atoms with van der Waals surface area (Å²) < 4.78 is 7.05. The molecule has 0 radical (unpaired) electrons. The van der Waals surface area contributed by atoms with E-state index in [1.807, 2.05) is 0 Å². The zero-order valence-corrected chi connectivity index (χ0v) is 18.0. The van der Waals surface area contributed by atoms with Gasteiger partial charge in [-0.25, -0.2) is 0 Å². The van der Waals surface area contributed by atoms with Crippen molar-refractivity contribution >= 4 is 19.4 Å². The van der Waals surface area contributed by atoms with Gasteiger partial charge in [0.25, 0.3) is 0 Å². The van der Waals surface area contributed by atoms with Gasteiger partial charge < -0.3 is 15.9 Å². The molecule has 1 saturated carbocycles. The molecule has 0 bridgehead atoms. The van der Waals surface area contributed by atoms with E-state index in [1.165, 1.54) is 10.4 Å². The third-order valence-corrected chi connectivity index (χ3v) is 8.31. The highest BCUT2D eigenvalue weighted by Crippen LogP contribution is 2.36. The fraction of sp³-hybridized carbons (Fsp3) is 0.478. The van der Waals surface area contributed by atoms with Gasteiger partial charge in [0, 0.05) is 12.1 Å². The summed E-state index contributed by atoms with van der Waals surface area (Å²) in [5, 5.41) is 2.66. The number of benzene rings is 2. The minimum atomic E-state index is -1.79. The molecule has 3 rings (SSSR count). The smallest absolute Gasteiger partial charge is 0.240 e. The van der Waals surface area contributed by atoms with Crippen LogP contribution in [0, 0.1) is 11.3 Å². The van der Waals surface area contributed by atoms with E-state index < -0.39 is 9.04 Å². The van der Waals surface area contributed by atoms with E-state index in [-0.39, 0.29) is 23.6 Å². The first-order valence-electron chi connectivity index (χ1n) is 10.1. The molecule has 146 valence electrons. The summed E-state index contributed by atoms with van der Waals surface area (Å²) in [6.07, 6.45) is 3.22. The Kier molecular flexibility index (Phi) is 6.53. The molecule has 0 amide bonds. The van der Waals surface area contributed by atoms with Crippen molar-refractivity contribution in [1.82, 2.24) is 0 Å². The largest absolute Gasteiger partial charge is 0.407 e. The average Bonchev–Trinajstić information content (AvgIpc) is 2.65. The van der Waals surface area contributed by atoms with Crippen LogP contribution in [0.4, 0.5) is 0 Å². The Hall–Kier alpha value is -1.46. The average molecular weight is 383 g/mol. The van der Waals surface area contributed by atoms with Crippen LogP contribution in [0.2, 0.25) is 0 Å². The molecule has 2 aromatic rings. The van der Waals surface area contributed by atoms with Crippen LogP contribution in [0.25, 0.3) is 0 Å². The van der Waals surface area contributed by atoms with Crippen molar-refractivity contribution in [2.24, 2.45) is 22.8 Å². The molecule has 4 heteroatoms. The van der Waals surface area contributed by atoms with E-state index in [4.69, 9.17) is 15.9 Å². The highest BCUT2D eigenvalue weighted by atomic mass is 28.3. The predicted molar refractivity (Wildman–Crippen MR) is 117 cm³/mol. The number of hydrogen-bond acceptors (Lipinski definition) is 3. The first-order chi connectivity index (χ1) is 12.9. The maximum Gasteiger partial charge on any atom is 0.240 e. The van der Waals surface area contributed by atoms with Gasteiger partial charge in [0.2, 0.25) is 9.04 Å². The highest BCUT2D eigenvalue weighted by molar-refractivity contribution is 6.80. The summed E-state index contributed by atoms with van der Waals surface area (Å²) >= 11 is 0. The summed E-state index contributed by atoms with van der Waals surface area (Å²) in [5.41, 5.74) is 12.6. The van der Waals surface area contributed by atoms with Gasteiger partial charge in [-0.15, -0.1) is 0 Å². The zero-order valence-electron chi connectivity index (χ0n) is 16.8. The maximum atomic E-state index is 7.05. The van der Waals surface area contributed by atoms with Crippen LogP contribution in [0.3, 0.4) is 0 Å². The van der Waals surface area contributed by atoms with Crippen LogP contribution in [-0.4, -0.2) is 27.2 Å². The molecule has 2 aromatic carbocycles. The van der Waals surface area contributed by atoms with Crippen molar-refractivity contribution in [1.29, 1.82) is 0 Å². The van der Waals surface area contributed by atoms with Gasteiger partial charge >= 0.3 is 0 Å². The monoisotopic (exact) mass is 382 g/mol. The normalized spacial score (nSPS) is 24.7. The lowest BCUT2D eigenvalue weighted by Gasteiger charge is -2.43. The fourth-order valence-electron chi connectivity index (χ4n) is 4.31. The second kappa shape index (κ2) is 8.70. The van der Waals surface area contributed by atoms with Crippen LogP contribution >= 0.6 is 0 Å². The minimum Gasteiger partial charge on any atom is -0.407 e. The Labute approximate surface area is 165 Å². The highest BCUT2D eigenvalue weighted by Gasteiger charge is 2.39. The van der Waals surface area contributed by atoms with E-state index in [0.29, 0.717) is 5.92 Å². The maximum absolute atomic E-state index is 7.05. The number of nitrogens with two attached hydrogens (primary N) is 2. The number of rotatable bonds is 5. The molecule has 0 aliphatic heterocycles. The summed E-state index contributed by atoms with van der Waals surface area (Å²) in [4.78, 5) is 0. The molecule has 4 atom stereocenters. The Morgan fingerprint density at radius 1 is 0.852 bits per heavy atom. The second-order valence-electron chi connectivity index (χ2n) is 9.02. The molecule has 0 aromatic heterocycles. The molecule has 27 heavy (non-hydrogen) atoms. The number of hydrogen-bond donors (Lipinski definition) is 2. The van der Waals surface area contributed by atoms with Crippen molar-refractivity contribution in [2.45, 2.75) is 58.2 Å². The molecule has 4 N–H and O–H groups in total. The summed E-state index contributed by atoms with van der Waals surface area (Å²) in [7, 11) is -1.79. The van der Waals surface area contributed by atoms with Crippen LogP contribution in [0.15, 0.2) is 60.7 Å². The van der Waals surface area contributed by atoms with Gasteiger partial charge in [-0.3, -0.25) is 0 Å². The van der Waals surface area contributed by atoms with Crippen LogP contribution in [-0.2, 0) is 4.43 Å². The van der Waals surface area contributed by atoms with E-state index in [1.54, 1.807) is 0 Å². The molecule has 1 aliphatic carbocycles. The summed E-state index contributed by atoms with van der Waals surface area (Å²) in [5.74, 6) is 0.460.